The minimum absolute atomic E-state index is 0.0960. The fourth-order valence-corrected chi connectivity index (χ4v) is 5.64. The van der Waals surface area contributed by atoms with Crippen LogP contribution in [0.4, 0.5) is 5.82 Å². The second-order valence-electron chi connectivity index (χ2n) is 9.50. The molecule has 2 unspecified atom stereocenters. The topological polar surface area (TPSA) is 113 Å². The van der Waals surface area contributed by atoms with Crippen LogP contribution in [-0.4, -0.2) is 54.8 Å². The van der Waals surface area contributed by atoms with Crippen LogP contribution in [0.15, 0.2) is 60.9 Å². The number of hydrogen-bond donors (Lipinski definition) is 3. The molecule has 0 aliphatic heterocycles. The van der Waals surface area contributed by atoms with Crippen LogP contribution in [0.5, 0.6) is 0 Å². The number of hydrogen-bond acceptors (Lipinski definition) is 7. The van der Waals surface area contributed by atoms with Gasteiger partial charge in [0.1, 0.15) is 11.9 Å². The smallest absolute Gasteiger partial charge is 0.209 e. The van der Waals surface area contributed by atoms with Gasteiger partial charge in [0.25, 0.3) is 0 Å². The molecule has 5 atom stereocenters. The Bertz CT molecular complexity index is 1540. The Morgan fingerprint density at radius 3 is 2.44 bits per heavy atom. The Kier molecular flexibility index (Phi) is 5.14. The summed E-state index contributed by atoms with van der Waals surface area (Å²) in [5.41, 5.74) is 3.24. The first-order valence-electron chi connectivity index (χ1n) is 11.9. The van der Waals surface area contributed by atoms with Gasteiger partial charge in [0, 0.05) is 12.6 Å². The number of aromatic nitrogens is 4. The third-order valence-corrected chi connectivity index (χ3v) is 7.62. The lowest BCUT2D eigenvalue weighted by Gasteiger charge is -2.23. The SMILES string of the molecule is CNc1nc(C#Cc2ccc(-c3ccccc3)cc2)nc2c1ncn2[C@@H]1C2C[C@]2(C(C)=O)C(O)[C@H]1O. The van der Waals surface area contributed by atoms with Crippen LogP contribution >= 0.6 is 0 Å². The van der Waals surface area contributed by atoms with Gasteiger partial charge in [0.2, 0.25) is 5.82 Å². The Morgan fingerprint density at radius 1 is 1.06 bits per heavy atom. The van der Waals surface area contributed by atoms with E-state index in [-0.39, 0.29) is 11.7 Å². The summed E-state index contributed by atoms with van der Waals surface area (Å²) < 4.78 is 1.76. The van der Waals surface area contributed by atoms with Gasteiger partial charge in [0.15, 0.2) is 17.0 Å². The van der Waals surface area contributed by atoms with Crippen molar-refractivity contribution in [3.05, 3.63) is 72.3 Å². The number of imidazole rings is 1. The Hall–Kier alpha value is -4.06. The summed E-state index contributed by atoms with van der Waals surface area (Å²) in [6.07, 6.45) is -0.0584. The molecule has 2 aromatic heterocycles. The van der Waals surface area contributed by atoms with E-state index in [4.69, 9.17) is 0 Å². The summed E-state index contributed by atoms with van der Waals surface area (Å²) in [5.74, 6) is 6.73. The number of nitrogens with zero attached hydrogens (tertiary/aromatic N) is 4. The van der Waals surface area contributed by atoms with E-state index in [1.807, 2.05) is 42.5 Å². The predicted octanol–water partition coefficient (Wildman–Crippen LogP) is 2.81. The molecule has 2 aliphatic carbocycles. The van der Waals surface area contributed by atoms with Gasteiger partial charge in [-0.2, -0.15) is 0 Å². The van der Waals surface area contributed by atoms with Crippen LogP contribution in [0.25, 0.3) is 22.3 Å². The first-order chi connectivity index (χ1) is 17.4. The van der Waals surface area contributed by atoms with E-state index in [0.717, 1.165) is 16.7 Å². The van der Waals surface area contributed by atoms with Gasteiger partial charge < -0.3 is 20.1 Å². The predicted molar refractivity (Wildman–Crippen MR) is 135 cm³/mol. The zero-order chi connectivity index (χ0) is 25.0. The average molecular weight is 480 g/mol. The minimum atomic E-state index is -1.11. The first-order valence-corrected chi connectivity index (χ1v) is 11.9. The number of rotatable bonds is 4. The largest absolute Gasteiger partial charge is 0.389 e. The highest BCUT2D eigenvalue weighted by molar-refractivity contribution is 5.88. The Balaban J connectivity index is 1.35. The monoisotopic (exact) mass is 479 g/mol. The number of ketones is 1. The van der Waals surface area contributed by atoms with Crippen LogP contribution in [0.1, 0.15) is 30.8 Å². The lowest BCUT2D eigenvalue weighted by molar-refractivity contribution is -0.128. The molecule has 0 radical (unpaired) electrons. The summed E-state index contributed by atoms with van der Waals surface area (Å²) in [7, 11) is 1.75. The maximum Gasteiger partial charge on any atom is 0.209 e. The van der Waals surface area contributed by atoms with Crippen molar-refractivity contribution < 1.29 is 15.0 Å². The van der Waals surface area contributed by atoms with E-state index in [1.165, 1.54) is 6.92 Å². The highest BCUT2D eigenvalue weighted by Crippen LogP contribution is 2.68. The van der Waals surface area contributed by atoms with E-state index in [2.05, 4.69) is 44.2 Å². The molecular formula is C28H25N5O3. The Labute approximate surface area is 208 Å². The molecule has 4 aromatic rings. The summed E-state index contributed by atoms with van der Waals surface area (Å²) in [6.45, 7) is 1.48. The van der Waals surface area contributed by atoms with Gasteiger partial charge in [-0.25, -0.2) is 15.0 Å². The fourth-order valence-electron chi connectivity index (χ4n) is 5.64. The van der Waals surface area contributed by atoms with E-state index in [1.54, 1.807) is 17.9 Å². The third kappa shape index (κ3) is 3.32. The van der Waals surface area contributed by atoms with Crippen LogP contribution in [-0.2, 0) is 4.79 Å². The van der Waals surface area contributed by atoms with E-state index >= 15 is 0 Å². The standard InChI is InChI=1S/C28H25N5O3/c1-16(34)28-14-20(28)23(24(35)25(28)36)33-15-30-22-26(29-2)31-21(32-27(22)33)13-10-17-8-11-19(12-9-17)18-6-4-3-5-7-18/h3-9,11-12,15,20,23-25,35-36H,14H2,1-2H3,(H,29,31,32)/t20?,23-,24+,25?,28-/m1/s1. The Morgan fingerprint density at radius 2 is 1.78 bits per heavy atom. The normalized spacial score (nSPS) is 26.2. The van der Waals surface area contributed by atoms with E-state index in [9.17, 15) is 15.0 Å². The number of aliphatic hydroxyl groups excluding tert-OH is 2. The molecule has 6 rings (SSSR count). The number of fused-ring (bicyclic) bond motifs is 2. The van der Waals surface area contributed by atoms with Crippen molar-refractivity contribution in [2.24, 2.45) is 11.3 Å². The molecule has 2 aliphatic rings. The molecule has 36 heavy (non-hydrogen) atoms. The molecule has 0 saturated heterocycles. The summed E-state index contributed by atoms with van der Waals surface area (Å²) in [5, 5.41) is 24.5. The van der Waals surface area contributed by atoms with Crippen molar-refractivity contribution in [2.45, 2.75) is 31.6 Å². The number of carbonyl (C=O) groups excluding carboxylic acids is 1. The summed E-state index contributed by atoms with van der Waals surface area (Å²) in [6, 6.07) is 17.6. The quantitative estimate of drug-likeness (QED) is 0.386. The number of nitrogens with one attached hydrogen (secondary N) is 1. The first kappa shape index (κ1) is 22.4. The molecule has 2 aromatic carbocycles. The highest BCUT2D eigenvalue weighted by atomic mass is 16.3. The van der Waals surface area contributed by atoms with Crippen LogP contribution in [0, 0.1) is 23.2 Å². The van der Waals surface area contributed by atoms with Gasteiger partial charge in [-0.15, -0.1) is 0 Å². The number of carbonyl (C=O) groups is 1. The molecule has 180 valence electrons. The van der Waals surface area contributed by atoms with Gasteiger partial charge in [-0.1, -0.05) is 48.4 Å². The van der Waals surface area contributed by atoms with Crippen molar-refractivity contribution in [2.75, 3.05) is 12.4 Å². The molecule has 2 fully saturated rings. The van der Waals surface area contributed by atoms with E-state index in [0.29, 0.717) is 29.2 Å². The highest BCUT2D eigenvalue weighted by Gasteiger charge is 2.74. The number of anilines is 1. The number of aliphatic hydroxyl groups is 2. The lowest BCUT2D eigenvalue weighted by Crippen LogP contribution is -2.36. The maximum atomic E-state index is 12.3. The van der Waals surface area contributed by atoms with Crippen molar-refractivity contribution in [3.8, 4) is 23.0 Å². The van der Waals surface area contributed by atoms with Gasteiger partial charge >= 0.3 is 0 Å². The summed E-state index contributed by atoms with van der Waals surface area (Å²) >= 11 is 0. The molecule has 8 heteroatoms. The molecule has 2 heterocycles. The second kappa shape index (κ2) is 8.26. The fraction of sp³-hybridized carbons (Fsp3) is 0.286. The third-order valence-electron chi connectivity index (χ3n) is 7.62. The molecule has 0 spiro atoms. The van der Waals surface area contributed by atoms with Gasteiger partial charge in [-0.3, -0.25) is 4.79 Å². The van der Waals surface area contributed by atoms with Crippen molar-refractivity contribution >= 4 is 22.8 Å². The van der Waals surface area contributed by atoms with Crippen molar-refractivity contribution in [3.63, 3.8) is 0 Å². The zero-order valence-electron chi connectivity index (χ0n) is 19.9. The summed E-state index contributed by atoms with van der Waals surface area (Å²) in [4.78, 5) is 25.9. The van der Waals surface area contributed by atoms with Gasteiger partial charge in [-0.05, 0) is 48.4 Å². The van der Waals surface area contributed by atoms with Crippen LogP contribution < -0.4 is 5.32 Å². The number of benzene rings is 2. The number of Topliss-reactive ketones (excluding diaryl/α,β-unsaturated/α-hetero) is 1. The maximum absolute atomic E-state index is 12.3. The lowest BCUT2D eigenvalue weighted by atomic mass is 9.95. The molecule has 8 nitrogen and oxygen atoms in total. The van der Waals surface area contributed by atoms with Crippen molar-refractivity contribution in [1.29, 1.82) is 0 Å². The average Bonchev–Trinajstić information content (AvgIpc) is 3.45. The molecular weight excluding hydrogens is 454 g/mol. The van der Waals surface area contributed by atoms with Gasteiger partial charge in [0.05, 0.1) is 23.9 Å². The zero-order valence-corrected chi connectivity index (χ0v) is 19.9. The molecule has 0 bridgehead atoms. The van der Waals surface area contributed by atoms with Crippen molar-refractivity contribution in [1.82, 2.24) is 19.5 Å². The second-order valence-corrected chi connectivity index (χ2v) is 9.50. The molecule has 0 amide bonds. The molecule has 3 N–H and O–H groups in total. The van der Waals surface area contributed by atoms with Crippen LogP contribution in [0.2, 0.25) is 0 Å². The minimum Gasteiger partial charge on any atom is -0.389 e. The molecule has 2 saturated carbocycles. The van der Waals surface area contributed by atoms with Crippen LogP contribution in [0.3, 0.4) is 0 Å². The van der Waals surface area contributed by atoms with E-state index < -0.39 is 23.7 Å².